The summed E-state index contributed by atoms with van der Waals surface area (Å²) < 4.78 is 53.4. The number of sulfone groups is 1. The molecule has 5 rings (SSSR count). The lowest BCUT2D eigenvalue weighted by molar-refractivity contribution is 0.0992. The predicted octanol–water partition coefficient (Wildman–Crippen LogP) is 5.33. The molecule has 2 heterocycles. The molecule has 0 radical (unpaired) electrons. The monoisotopic (exact) mass is 541 g/mol. The lowest BCUT2D eigenvalue weighted by atomic mass is 10.3. The molecule has 0 saturated heterocycles. The second kappa shape index (κ2) is 10.1. The number of hydrogen-bond acceptors (Lipinski definition) is 8. The van der Waals surface area contributed by atoms with E-state index < -0.39 is 15.7 Å². The van der Waals surface area contributed by atoms with Gasteiger partial charge < -0.3 is 28.7 Å². The number of rotatable bonds is 8. The highest BCUT2D eigenvalue weighted by Gasteiger charge is 2.21. The van der Waals surface area contributed by atoms with Gasteiger partial charge in [0, 0.05) is 22.8 Å². The zero-order chi connectivity index (χ0) is 26.0. The van der Waals surface area contributed by atoms with Gasteiger partial charge in [-0.3, -0.25) is 4.79 Å². The number of fused-ring (bicyclic) bond motifs is 1. The molecule has 3 aromatic carbocycles. The Kier molecular flexibility index (Phi) is 6.68. The Bertz CT molecular complexity index is 1560. The fourth-order valence-corrected chi connectivity index (χ4v) is 5.00. The second-order valence-corrected chi connectivity index (χ2v) is 10.3. The maximum Gasteiger partial charge on any atom is 0.291 e. The van der Waals surface area contributed by atoms with Crippen LogP contribution in [0.3, 0.4) is 0 Å². The largest absolute Gasteiger partial charge is 0.497 e. The molecule has 1 aromatic heterocycles. The number of anilines is 1. The van der Waals surface area contributed by atoms with Crippen LogP contribution in [0.15, 0.2) is 87.0 Å². The van der Waals surface area contributed by atoms with Gasteiger partial charge in [0.1, 0.15) is 23.9 Å². The fourth-order valence-electron chi connectivity index (χ4n) is 3.56. The van der Waals surface area contributed by atoms with Crippen molar-refractivity contribution in [2.75, 3.05) is 19.2 Å². The first kappa shape index (κ1) is 24.5. The number of nitrogens with one attached hydrogen (secondary N) is 1. The van der Waals surface area contributed by atoms with Crippen LogP contribution < -0.4 is 24.3 Å². The number of amides is 1. The first-order chi connectivity index (χ1) is 17.8. The number of hydrogen-bond donors (Lipinski definition) is 1. The molecular weight excluding hydrogens is 522 g/mol. The standard InChI is InChI=1S/C26H20ClNO8S/c1-32-20-10-17(11-22(12-20)37(30,31)21-6-2-16(27)3-7-21)28-26(29)24-9-5-19(36-24)14-33-18-4-8-23-25(13-18)35-15-34-23/h2-13H,14-15H2,1H3,(H,28,29). The molecule has 0 spiro atoms. The van der Waals surface area contributed by atoms with Crippen molar-refractivity contribution in [1.29, 1.82) is 0 Å². The van der Waals surface area contributed by atoms with E-state index in [2.05, 4.69) is 5.32 Å². The summed E-state index contributed by atoms with van der Waals surface area (Å²) in [5.41, 5.74) is 0.214. The van der Waals surface area contributed by atoms with Gasteiger partial charge in [0.25, 0.3) is 5.91 Å². The number of ether oxygens (including phenoxy) is 4. The van der Waals surface area contributed by atoms with Gasteiger partial charge in [-0.15, -0.1) is 0 Å². The molecule has 37 heavy (non-hydrogen) atoms. The lowest BCUT2D eigenvalue weighted by Gasteiger charge is -2.11. The number of benzene rings is 3. The van der Waals surface area contributed by atoms with Crippen molar-refractivity contribution in [2.45, 2.75) is 16.4 Å². The molecule has 1 amide bonds. The number of carbonyl (C=O) groups is 1. The molecule has 1 N–H and O–H groups in total. The van der Waals surface area contributed by atoms with Crippen molar-refractivity contribution < 1.29 is 36.6 Å². The average Bonchev–Trinajstić information content (AvgIpc) is 3.57. The Hall–Kier alpha value is -4.15. The molecular formula is C26H20ClNO8S. The number of carbonyl (C=O) groups excluding carboxylic acids is 1. The number of halogens is 1. The van der Waals surface area contributed by atoms with Crippen molar-refractivity contribution in [3.05, 3.63) is 89.3 Å². The van der Waals surface area contributed by atoms with Crippen molar-refractivity contribution in [3.8, 4) is 23.0 Å². The highest BCUT2D eigenvalue weighted by Crippen LogP contribution is 2.35. The summed E-state index contributed by atoms with van der Waals surface area (Å²) in [5.74, 6) is 1.91. The Morgan fingerprint density at radius 3 is 2.49 bits per heavy atom. The van der Waals surface area contributed by atoms with Gasteiger partial charge in [0.05, 0.1) is 16.9 Å². The molecule has 0 unspecified atom stereocenters. The molecule has 0 fully saturated rings. The molecule has 1 aliphatic rings. The normalized spacial score (nSPS) is 12.3. The first-order valence-corrected chi connectivity index (χ1v) is 12.8. The van der Waals surface area contributed by atoms with E-state index in [4.69, 9.17) is 35.0 Å². The topological polar surface area (TPSA) is 113 Å². The third kappa shape index (κ3) is 5.35. The van der Waals surface area contributed by atoms with Crippen LogP contribution in [0.5, 0.6) is 23.0 Å². The fraction of sp³-hybridized carbons (Fsp3) is 0.115. The summed E-state index contributed by atoms with van der Waals surface area (Å²) in [5, 5.41) is 3.07. The van der Waals surface area contributed by atoms with E-state index in [9.17, 15) is 13.2 Å². The number of methoxy groups -OCH3 is 1. The van der Waals surface area contributed by atoms with E-state index in [0.29, 0.717) is 28.0 Å². The maximum atomic E-state index is 13.1. The van der Waals surface area contributed by atoms with Gasteiger partial charge in [-0.05, 0) is 60.7 Å². The summed E-state index contributed by atoms with van der Waals surface area (Å²) in [6, 6.07) is 18.3. The van der Waals surface area contributed by atoms with Crippen molar-refractivity contribution in [2.24, 2.45) is 0 Å². The van der Waals surface area contributed by atoms with Crippen molar-refractivity contribution >= 4 is 33.0 Å². The zero-order valence-corrected chi connectivity index (χ0v) is 21.0. The quantitative estimate of drug-likeness (QED) is 0.318. The smallest absolute Gasteiger partial charge is 0.291 e. The minimum atomic E-state index is -3.89. The van der Waals surface area contributed by atoms with Crippen molar-refractivity contribution in [1.82, 2.24) is 0 Å². The summed E-state index contributed by atoms with van der Waals surface area (Å²) in [6.45, 7) is 0.243. The van der Waals surface area contributed by atoms with Gasteiger partial charge in [-0.1, -0.05) is 11.6 Å². The highest BCUT2D eigenvalue weighted by atomic mass is 35.5. The molecule has 190 valence electrons. The van der Waals surface area contributed by atoms with E-state index in [-0.39, 0.29) is 40.4 Å². The van der Waals surface area contributed by atoms with Gasteiger partial charge in [0.2, 0.25) is 16.6 Å². The molecule has 9 nitrogen and oxygen atoms in total. The van der Waals surface area contributed by atoms with Crippen molar-refractivity contribution in [3.63, 3.8) is 0 Å². The summed E-state index contributed by atoms with van der Waals surface area (Å²) in [6.07, 6.45) is 0. The van der Waals surface area contributed by atoms with Gasteiger partial charge in [-0.2, -0.15) is 0 Å². The van der Waals surface area contributed by atoms with Crippen LogP contribution in [0, 0.1) is 0 Å². The van der Waals surface area contributed by atoms with Gasteiger partial charge in [-0.25, -0.2) is 8.42 Å². The minimum absolute atomic E-state index is 0.0224. The Morgan fingerprint density at radius 2 is 1.70 bits per heavy atom. The maximum absolute atomic E-state index is 13.1. The van der Waals surface area contributed by atoms with Crippen LogP contribution in [-0.4, -0.2) is 28.2 Å². The second-order valence-electron chi connectivity index (χ2n) is 7.88. The van der Waals surface area contributed by atoms with Gasteiger partial charge in [0.15, 0.2) is 17.3 Å². The molecule has 11 heteroatoms. The van der Waals surface area contributed by atoms with E-state index in [1.165, 1.54) is 55.6 Å². The molecule has 0 saturated carbocycles. The summed E-state index contributed by atoms with van der Waals surface area (Å²) in [4.78, 5) is 12.8. The SMILES string of the molecule is COc1cc(NC(=O)c2ccc(COc3ccc4c(c3)OCO4)o2)cc(S(=O)(=O)c2ccc(Cl)cc2)c1. The van der Waals surface area contributed by atoms with Crippen LogP contribution in [0.2, 0.25) is 5.02 Å². The van der Waals surface area contributed by atoms with E-state index in [1.54, 1.807) is 24.3 Å². The zero-order valence-electron chi connectivity index (χ0n) is 19.4. The summed E-state index contributed by atoms with van der Waals surface area (Å²) in [7, 11) is -2.49. The molecule has 0 bridgehead atoms. The first-order valence-electron chi connectivity index (χ1n) is 10.9. The van der Waals surface area contributed by atoms with Gasteiger partial charge >= 0.3 is 0 Å². The van der Waals surface area contributed by atoms with Crippen LogP contribution >= 0.6 is 11.6 Å². The lowest BCUT2D eigenvalue weighted by Crippen LogP contribution is -2.12. The minimum Gasteiger partial charge on any atom is -0.497 e. The average molecular weight is 542 g/mol. The van der Waals surface area contributed by atoms with E-state index in [0.717, 1.165) is 0 Å². The van der Waals surface area contributed by atoms with Crippen LogP contribution in [0.1, 0.15) is 16.3 Å². The highest BCUT2D eigenvalue weighted by molar-refractivity contribution is 7.91. The molecule has 0 aliphatic carbocycles. The Balaban J connectivity index is 1.29. The molecule has 0 atom stereocenters. The number of furan rings is 1. The van der Waals surface area contributed by atoms with Crippen LogP contribution in [0.4, 0.5) is 5.69 Å². The summed E-state index contributed by atoms with van der Waals surface area (Å²) >= 11 is 5.88. The Morgan fingerprint density at radius 1 is 0.919 bits per heavy atom. The van der Waals surface area contributed by atoms with Crippen LogP contribution in [0.25, 0.3) is 0 Å². The third-order valence-electron chi connectivity index (χ3n) is 5.42. The van der Waals surface area contributed by atoms with E-state index in [1.807, 2.05) is 0 Å². The van der Waals surface area contributed by atoms with Crippen LogP contribution in [-0.2, 0) is 16.4 Å². The Labute approximate surface area is 217 Å². The molecule has 1 aliphatic heterocycles. The third-order valence-corrected chi connectivity index (χ3v) is 7.42. The predicted molar refractivity (Wildman–Crippen MR) is 133 cm³/mol. The van der Waals surface area contributed by atoms with E-state index >= 15 is 0 Å². The molecule has 4 aromatic rings.